The van der Waals surface area contributed by atoms with Gasteiger partial charge in [0.05, 0.1) is 36.6 Å². The lowest BCUT2D eigenvalue weighted by Gasteiger charge is -2.16. The topological polar surface area (TPSA) is 190 Å². The first-order valence-corrected chi connectivity index (χ1v) is 28.1. The maximum atomic E-state index is 14.0. The van der Waals surface area contributed by atoms with Crippen LogP contribution in [0.5, 0.6) is 23.0 Å². The van der Waals surface area contributed by atoms with Crippen LogP contribution in [0.15, 0.2) is 169 Å². The van der Waals surface area contributed by atoms with Gasteiger partial charge in [-0.15, -0.1) is 0 Å². The third-order valence-corrected chi connectivity index (χ3v) is 15.6. The molecule has 32 heteroatoms. The summed E-state index contributed by atoms with van der Waals surface area (Å²) in [5.74, 6) is -27.5. The van der Waals surface area contributed by atoms with E-state index < -0.39 is 118 Å². The third-order valence-electron chi connectivity index (χ3n) is 12.2. The molecule has 88 heavy (non-hydrogen) atoms. The summed E-state index contributed by atoms with van der Waals surface area (Å²) in [6.07, 6.45) is 0. The van der Waals surface area contributed by atoms with Crippen molar-refractivity contribution in [3.63, 3.8) is 0 Å². The predicted octanol–water partition coefficient (Wildman–Crippen LogP) is 12.1. The number of halogens is 13. The molecule has 0 aliphatic heterocycles. The molecule has 14 nitrogen and oxygen atoms in total. The summed E-state index contributed by atoms with van der Waals surface area (Å²) >= 11 is 14.8. The molecule has 2 aromatic heterocycles. The van der Waals surface area contributed by atoms with Crippen molar-refractivity contribution >= 4 is 114 Å². The highest BCUT2D eigenvalue weighted by Crippen LogP contribution is 2.36. The lowest BCUT2D eigenvalue weighted by atomic mass is 9.81. The average Bonchev–Trinajstić information content (AvgIpc) is 0.863. The summed E-state index contributed by atoms with van der Waals surface area (Å²) in [4.78, 5) is 24.3. The third kappa shape index (κ3) is 14.5. The number of ether oxygens (including phenoxy) is 2. The minimum absolute atomic E-state index is 0. The molecule has 0 saturated carbocycles. The Labute approximate surface area is 516 Å². The monoisotopic (exact) mass is 1410 g/mol. The number of fused-ring (bicyclic) bond motifs is 2. The molecular formula is C56H38BBrCl2F10N2O12P2S2. The summed E-state index contributed by atoms with van der Waals surface area (Å²) in [5.41, 5.74) is 2.15. The first-order chi connectivity index (χ1) is 40.6. The van der Waals surface area contributed by atoms with Crippen molar-refractivity contribution in [1.29, 1.82) is 0 Å². The summed E-state index contributed by atoms with van der Waals surface area (Å²) in [6.45, 7) is 0. The first kappa shape index (κ1) is 69.6. The quantitative estimate of drug-likeness (QED) is 0.0294. The number of rotatable bonds is 12. The Bertz CT molecular complexity index is 4650. The number of hydrogen-bond acceptors (Lipinski definition) is 12. The van der Waals surface area contributed by atoms with E-state index in [0.29, 0.717) is 42.9 Å². The SMILES string of the molecule is COc1cc(-c2ccc(Cl)cc2)ccc1-n1c(=O)ccc2cc(S(=O)(=O)Oc3c(F)c(F)c(F)c(F)c3F)ccc21.COc1cc(Br)ccc1-n1c(=O)ccc2cc(S(=O)(=O)Oc3c(F)c(F)c(F)c(F)c3F)ccc21.OB(O)c1ccc(Cl)cc1.P.P. The van der Waals surface area contributed by atoms with Crippen molar-refractivity contribution in [2.24, 2.45) is 0 Å². The van der Waals surface area contributed by atoms with Gasteiger partial charge in [0.25, 0.3) is 11.1 Å². The molecule has 2 unspecified atom stereocenters. The van der Waals surface area contributed by atoms with E-state index in [2.05, 4.69) is 24.3 Å². The van der Waals surface area contributed by atoms with E-state index in [1.165, 1.54) is 47.6 Å². The zero-order valence-corrected chi connectivity index (χ0v) is 52.0. The smallest absolute Gasteiger partial charge is 0.488 e. The Morgan fingerprint density at radius 3 is 1.18 bits per heavy atom. The first-order valence-electron chi connectivity index (χ1n) is 23.7. The number of pyridine rings is 2. The molecule has 2 heterocycles. The van der Waals surface area contributed by atoms with Crippen molar-refractivity contribution in [3.8, 4) is 45.5 Å². The van der Waals surface area contributed by atoms with Crippen LogP contribution >= 0.6 is 58.9 Å². The van der Waals surface area contributed by atoms with Crippen molar-refractivity contribution in [2.45, 2.75) is 9.79 Å². The van der Waals surface area contributed by atoms with Crippen LogP contribution in [0.25, 0.3) is 44.3 Å². The maximum Gasteiger partial charge on any atom is 0.488 e. The lowest BCUT2D eigenvalue weighted by molar-refractivity contribution is 0.346. The van der Waals surface area contributed by atoms with E-state index in [0.717, 1.165) is 47.5 Å². The van der Waals surface area contributed by atoms with Gasteiger partial charge in [0.15, 0.2) is 0 Å². The van der Waals surface area contributed by atoms with Crippen molar-refractivity contribution in [2.75, 3.05) is 14.2 Å². The van der Waals surface area contributed by atoms with E-state index in [1.807, 2.05) is 0 Å². The van der Waals surface area contributed by atoms with Gasteiger partial charge in [-0.05, 0) is 120 Å². The van der Waals surface area contributed by atoms with Crippen molar-refractivity contribution in [1.82, 2.24) is 9.13 Å². The standard InChI is InChI=1S/C28H15ClF5NO5S.C22H11BrF5NO5S.C6H6BClO2.2H3P/c1-39-21-13-15(14-2-6-17(29)7-3-14)4-9-20(21)35-19-10-8-18(12-16(19)5-11-22(35)36)41(37,38)40-28-26(33)24(31)23(30)25(32)27(28)34;1-33-15-9-11(23)3-5-14(15)29-13-6-4-12(8-10(13)2-7-16(29)30)35(31,32)34-22-20(27)18(25)17(24)19(26)21(22)28;8-6-3-1-5(2-4-6)7(9)10;;/h2-13H,1H3;2-9H,1H3;1-4,9-10H;2*1H3. The predicted molar refractivity (Wildman–Crippen MR) is 322 cm³/mol. The van der Waals surface area contributed by atoms with Gasteiger partial charge >= 0.3 is 27.4 Å². The van der Waals surface area contributed by atoms with Gasteiger partial charge in [-0.2, -0.15) is 54.2 Å². The molecule has 460 valence electrons. The zero-order valence-electron chi connectivity index (χ0n) is 44.4. The molecule has 0 spiro atoms. The van der Waals surface area contributed by atoms with Gasteiger partial charge in [-0.1, -0.05) is 69.5 Å². The van der Waals surface area contributed by atoms with Crippen molar-refractivity contribution in [3.05, 3.63) is 239 Å². The van der Waals surface area contributed by atoms with Crippen LogP contribution in [0.2, 0.25) is 10.0 Å². The largest absolute Gasteiger partial charge is 0.495 e. The van der Waals surface area contributed by atoms with Gasteiger partial charge in [-0.3, -0.25) is 18.7 Å². The van der Waals surface area contributed by atoms with E-state index in [1.54, 1.807) is 84.9 Å². The van der Waals surface area contributed by atoms with Crippen LogP contribution < -0.4 is 34.4 Å². The fourth-order valence-corrected chi connectivity index (χ4v) is 10.6. The van der Waals surface area contributed by atoms with Gasteiger partial charge in [-0.25, -0.2) is 26.3 Å². The molecule has 10 aromatic rings. The molecule has 0 aliphatic carbocycles. The minimum Gasteiger partial charge on any atom is -0.495 e. The Balaban J connectivity index is 0.000000239. The molecule has 0 bridgehead atoms. The second-order valence-electron chi connectivity index (χ2n) is 17.5. The van der Waals surface area contributed by atoms with E-state index in [-0.39, 0.29) is 41.6 Å². The van der Waals surface area contributed by atoms with E-state index in [9.17, 15) is 70.3 Å². The normalized spacial score (nSPS) is 11.1. The number of hydrogen-bond donors (Lipinski definition) is 2. The Morgan fingerprint density at radius 2 is 0.795 bits per heavy atom. The molecule has 2 atom stereocenters. The summed E-state index contributed by atoms with van der Waals surface area (Å²) in [7, 11) is -8.76. The molecule has 8 aromatic carbocycles. The number of methoxy groups -OCH3 is 2. The highest BCUT2D eigenvalue weighted by molar-refractivity contribution is 9.10. The number of nitrogens with zero attached hydrogens (tertiary/aromatic N) is 2. The second kappa shape index (κ2) is 28.3. The Kier molecular flexibility index (Phi) is 22.4. The van der Waals surface area contributed by atoms with Gasteiger partial charge in [0, 0.05) is 37.4 Å². The molecule has 0 radical (unpaired) electrons. The molecule has 0 fully saturated rings. The lowest BCUT2D eigenvalue weighted by Crippen LogP contribution is -2.29. The van der Waals surface area contributed by atoms with Gasteiger partial charge in [0.1, 0.15) is 21.3 Å². The molecule has 2 N–H and O–H groups in total. The maximum absolute atomic E-state index is 14.0. The fourth-order valence-electron chi connectivity index (χ4n) is 8.04. The van der Waals surface area contributed by atoms with Crippen molar-refractivity contribution < 1.29 is 88.6 Å². The van der Waals surface area contributed by atoms with Crippen LogP contribution in [-0.4, -0.2) is 57.4 Å². The summed E-state index contributed by atoms with van der Waals surface area (Å²) in [6, 6.07) is 34.5. The highest BCUT2D eigenvalue weighted by Gasteiger charge is 2.33. The molecule has 0 saturated heterocycles. The molecule has 0 amide bonds. The highest BCUT2D eigenvalue weighted by atomic mass is 79.9. The molecular weight excluding hydrogens is 1370 g/mol. The number of benzene rings is 8. The van der Waals surface area contributed by atoms with Crippen LogP contribution in [0.4, 0.5) is 43.9 Å². The summed E-state index contributed by atoms with van der Waals surface area (Å²) in [5, 5.41) is 18.7. The minimum atomic E-state index is -5.09. The van der Waals surface area contributed by atoms with Gasteiger partial charge < -0.3 is 27.9 Å². The van der Waals surface area contributed by atoms with E-state index in [4.69, 9.17) is 42.7 Å². The summed E-state index contributed by atoms with van der Waals surface area (Å²) < 4.78 is 210. The van der Waals surface area contributed by atoms with Crippen LogP contribution in [0.1, 0.15) is 0 Å². The van der Waals surface area contributed by atoms with Gasteiger partial charge in [0.2, 0.25) is 69.7 Å². The van der Waals surface area contributed by atoms with Crippen LogP contribution in [0.3, 0.4) is 0 Å². The molecule has 10 rings (SSSR count). The zero-order chi connectivity index (χ0) is 62.9. The fraction of sp³-hybridized carbons (Fsp3) is 0.0357. The average molecular weight is 1410 g/mol. The Morgan fingerprint density at radius 1 is 0.443 bits per heavy atom. The molecule has 0 aliphatic rings. The second-order valence-corrected chi connectivity index (χ2v) is 22.3. The number of aromatic nitrogens is 2. The van der Waals surface area contributed by atoms with Crippen LogP contribution in [-0.2, 0) is 20.2 Å². The Hall–Kier alpha value is -7.52. The van der Waals surface area contributed by atoms with Crippen LogP contribution in [0, 0.1) is 58.2 Å². The van der Waals surface area contributed by atoms with E-state index >= 15 is 0 Å².